The van der Waals surface area contributed by atoms with Crippen LogP contribution in [-0.2, 0) is 56.4 Å². The van der Waals surface area contributed by atoms with E-state index in [1.165, 1.54) is 0 Å². The molecule has 8 heteroatoms. The zero-order chi connectivity index (χ0) is 33.9. The number of carbonyl (C=O) groups is 4. The molecular weight excluding hydrogens is 572 g/mol. The fourth-order valence-electron chi connectivity index (χ4n) is 4.16. The van der Waals surface area contributed by atoms with Crippen molar-refractivity contribution in [3.05, 3.63) is 119 Å². The van der Waals surface area contributed by atoms with Crippen molar-refractivity contribution in [2.75, 3.05) is 13.2 Å². The van der Waals surface area contributed by atoms with Crippen LogP contribution in [0.5, 0.6) is 0 Å². The summed E-state index contributed by atoms with van der Waals surface area (Å²) in [6.45, 7) is 24.6. The number of hydrogen-bond donors (Lipinski definition) is 0. The predicted molar refractivity (Wildman–Crippen MR) is 173 cm³/mol. The molecule has 240 valence electrons. The minimum atomic E-state index is -0.688. The standard InChI is InChI=1S/C37H44O8/c1-23(2)33(38)42-21-31(44-35(40)25(5)6)19-27-11-15-29(16-12-27)37(9,10)30-17-13-28(14-18-30)20-32(45-36(41)26(7)8)22-43-34(39)24(3)4/h11-18,31-32H,1,3,5,7,19-22H2,2,4,6,8-10H3. The molecular formula is C37H44O8. The average molecular weight is 617 g/mol. The summed E-state index contributed by atoms with van der Waals surface area (Å²) in [4.78, 5) is 48.2. The first kappa shape index (κ1) is 36.5. The van der Waals surface area contributed by atoms with Crippen LogP contribution in [0, 0.1) is 0 Å². The van der Waals surface area contributed by atoms with Gasteiger partial charge >= 0.3 is 23.9 Å². The Kier molecular flexibility index (Phi) is 13.3. The van der Waals surface area contributed by atoms with Gasteiger partial charge in [0.2, 0.25) is 0 Å². The van der Waals surface area contributed by atoms with Gasteiger partial charge in [0.1, 0.15) is 25.4 Å². The Labute approximate surface area is 266 Å². The monoisotopic (exact) mass is 616 g/mol. The summed E-state index contributed by atoms with van der Waals surface area (Å²) >= 11 is 0. The summed E-state index contributed by atoms with van der Waals surface area (Å²) in [7, 11) is 0. The Hall–Kier alpha value is -4.72. The number of esters is 4. The molecule has 0 aliphatic heterocycles. The summed E-state index contributed by atoms with van der Waals surface area (Å²) in [6.07, 6.45) is -0.689. The van der Waals surface area contributed by atoms with Crippen LogP contribution >= 0.6 is 0 Å². The molecule has 0 amide bonds. The zero-order valence-electron chi connectivity index (χ0n) is 27.2. The summed E-state index contributed by atoms with van der Waals surface area (Å²) in [5.41, 5.74) is 4.59. The Balaban J connectivity index is 2.17. The first-order valence-corrected chi connectivity index (χ1v) is 14.6. The second-order valence-corrected chi connectivity index (χ2v) is 11.8. The lowest BCUT2D eigenvalue weighted by Gasteiger charge is -2.27. The number of hydrogen-bond acceptors (Lipinski definition) is 8. The van der Waals surface area contributed by atoms with Crippen LogP contribution in [0.25, 0.3) is 0 Å². The fraction of sp³-hybridized carbons (Fsp3) is 0.351. The second-order valence-electron chi connectivity index (χ2n) is 11.8. The molecule has 2 aromatic carbocycles. The Morgan fingerprint density at radius 2 is 0.844 bits per heavy atom. The minimum Gasteiger partial charge on any atom is -0.458 e. The highest BCUT2D eigenvalue weighted by Gasteiger charge is 2.25. The third-order valence-electron chi connectivity index (χ3n) is 7.02. The van der Waals surface area contributed by atoms with Gasteiger partial charge in [-0.1, -0.05) is 88.7 Å². The number of rotatable bonds is 16. The maximum Gasteiger partial charge on any atom is 0.333 e. The summed E-state index contributed by atoms with van der Waals surface area (Å²) in [5.74, 6) is -2.21. The molecule has 0 spiro atoms. The molecule has 0 aromatic heterocycles. The van der Waals surface area contributed by atoms with E-state index in [1.807, 2.05) is 48.5 Å². The lowest BCUT2D eigenvalue weighted by atomic mass is 9.77. The van der Waals surface area contributed by atoms with Crippen molar-refractivity contribution < 1.29 is 38.1 Å². The average Bonchev–Trinajstić information content (AvgIpc) is 2.98. The molecule has 2 unspecified atom stereocenters. The van der Waals surface area contributed by atoms with Gasteiger partial charge < -0.3 is 18.9 Å². The van der Waals surface area contributed by atoms with Crippen molar-refractivity contribution in [1.29, 1.82) is 0 Å². The molecule has 2 rings (SSSR count). The zero-order valence-corrected chi connectivity index (χ0v) is 27.2. The van der Waals surface area contributed by atoms with Crippen LogP contribution < -0.4 is 0 Å². The number of carbonyl (C=O) groups excluding carboxylic acids is 4. The van der Waals surface area contributed by atoms with E-state index in [0.29, 0.717) is 12.8 Å². The Morgan fingerprint density at radius 1 is 0.556 bits per heavy atom. The third kappa shape index (κ3) is 11.4. The third-order valence-corrected chi connectivity index (χ3v) is 7.02. The Morgan fingerprint density at radius 3 is 1.11 bits per heavy atom. The molecule has 2 aromatic rings. The van der Waals surface area contributed by atoms with E-state index in [9.17, 15) is 19.2 Å². The molecule has 0 aliphatic carbocycles. The highest BCUT2D eigenvalue weighted by Crippen LogP contribution is 2.32. The van der Waals surface area contributed by atoms with Crippen LogP contribution in [0.3, 0.4) is 0 Å². The second kappa shape index (κ2) is 16.4. The molecule has 0 fully saturated rings. The van der Waals surface area contributed by atoms with E-state index in [2.05, 4.69) is 40.2 Å². The van der Waals surface area contributed by atoms with Crippen molar-refractivity contribution in [2.45, 2.75) is 72.0 Å². The maximum atomic E-state index is 12.2. The van der Waals surface area contributed by atoms with Gasteiger partial charge in [-0.2, -0.15) is 0 Å². The molecule has 8 nitrogen and oxygen atoms in total. The minimum absolute atomic E-state index is 0.103. The van der Waals surface area contributed by atoms with E-state index in [1.54, 1.807) is 27.7 Å². The number of ether oxygens (including phenoxy) is 4. The lowest BCUT2D eigenvalue weighted by Crippen LogP contribution is -2.28. The lowest BCUT2D eigenvalue weighted by molar-refractivity contribution is -0.153. The van der Waals surface area contributed by atoms with Crippen molar-refractivity contribution in [3.8, 4) is 0 Å². The van der Waals surface area contributed by atoms with E-state index in [4.69, 9.17) is 18.9 Å². The molecule has 0 saturated carbocycles. The largest absolute Gasteiger partial charge is 0.458 e. The first-order valence-electron chi connectivity index (χ1n) is 14.6. The predicted octanol–water partition coefficient (Wildman–Crippen LogP) is 6.31. The van der Waals surface area contributed by atoms with Crippen molar-refractivity contribution >= 4 is 23.9 Å². The van der Waals surface area contributed by atoms with Gasteiger partial charge in [-0.25, -0.2) is 19.2 Å². The van der Waals surface area contributed by atoms with E-state index >= 15 is 0 Å². The van der Waals surface area contributed by atoms with Crippen molar-refractivity contribution in [2.24, 2.45) is 0 Å². The van der Waals surface area contributed by atoms with Gasteiger partial charge in [-0.3, -0.25) is 0 Å². The maximum absolute atomic E-state index is 12.2. The van der Waals surface area contributed by atoms with Gasteiger partial charge in [-0.15, -0.1) is 0 Å². The summed E-state index contributed by atoms with van der Waals surface area (Å²) in [5, 5.41) is 0. The highest BCUT2D eigenvalue weighted by atomic mass is 16.6. The molecule has 2 atom stereocenters. The van der Waals surface area contributed by atoms with Crippen LogP contribution in [0.15, 0.2) is 97.1 Å². The molecule has 0 bridgehead atoms. The van der Waals surface area contributed by atoms with E-state index < -0.39 is 36.1 Å². The summed E-state index contributed by atoms with van der Waals surface area (Å²) < 4.78 is 21.5. The first-order chi connectivity index (χ1) is 21.0. The molecule has 0 heterocycles. The fourth-order valence-corrected chi connectivity index (χ4v) is 4.16. The van der Waals surface area contributed by atoms with Crippen LogP contribution in [0.2, 0.25) is 0 Å². The molecule has 0 aliphatic rings. The van der Waals surface area contributed by atoms with Crippen LogP contribution in [0.1, 0.15) is 63.8 Å². The SMILES string of the molecule is C=C(C)C(=O)OCC(Cc1ccc(C(C)(C)c2ccc(CC(COC(=O)C(=C)C)OC(=O)C(=C)C)cc2)cc1)OC(=O)C(=C)C. The van der Waals surface area contributed by atoms with E-state index in [0.717, 1.165) is 22.3 Å². The molecule has 0 N–H and O–H groups in total. The highest BCUT2D eigenvalue weighted by molar-refractivity contribution is 5.88. The molecule has 45 heavy (non-hydrogen) atoms. The van der Waals surface area contributed by atoms with Gasteiger partial charge in [0.15, 0.2) is 0 Å². The van der Waals surface area contributed by atoms with Gasteiger partial charge in [0.25, 0.3) is 0 Å². The quantitative estimate of drug-likeness (QED) is 0.123. The normalized spacial score (nSPS) is 12.2. The molecule has 0 radical (unpaired) electrons. The van der Waals surface area contributed by atoms with Gasteiger partial charge in [0.05, 0.1) is 0 Å². The topological polar surface area (TPSA) is 105 Å². The van der Waals surface area contributed by atoms with Gasteiger partial charge in [0, 0.05) is 40.5 Å². The smallest absolute Gasteiger partial charge is 0.333 e. The van der Waals surface area contributed by atoms with Crippen LogP contribution in [-0.4, -0.2) is 49.3 Å². The van der Waals surface area contributed by atoms with Gasteiger partial charge in [-0.05, 0) is 49.9 Å². The van der Waals surface area contributed by atoms with Crippen LogP contribution in [0.4, 0.5) is 0 Å². The van der Waals surface area contributed by atoms with Crippen molar-refractivity contribution in [1.82, 2.24) is 0 Å². The Bertz CT molecular complexity index is 1330. The molecule has 0 saturated heterocycles. The number of benzene rings is 2. The van der Waals surface area contributed by atoms with E-state index in [-0.39, 0.29) is 40.9 Å². The van der Waals surface area contributed by atoms with Crippen molar-refractivity contribution in [3.63, 3.8) is 0 Å². The summed E-state index contributed by atoms with van der Waals surface area (Å²) in [6, 6.07) is 15.9.